The number of nitrogens with zero attached hydrogens (tertiary/aromatic N) is 3. The standard InChI is InChI=1S/C47H49ClN6O8S/c1-30(44-29-60-21-22-61-44)51-41-10-8-38(25-42(41)54(56)57)63(58,59)52-46(55)39-9-5-33(24-43(39)62-37-23-34-12-18-49-45(34)50-27-37)31-13-19-53(20-14-31)28-35-11-17-47(15-2-16-47)26-40(35)32-3-6-36(48)7-4-32/h3-10,12-13,18,23-25,27,30,44,51H,2,11,14-17,19-22,26,28-29H2,1H3,(H,49,50)(H,52,55)/t30-,44-/m0/s1. The van der Waals surface area contributed by atoms with Crippen LogP contribution in [-0.4, -0.2) is 85.7 Å². The van der Waals surface area contributed by atoms with E-state index >= 15 is 0 Å². The van der Waals surface area contributed by atoms with Gasteiger partial charge in [0.05, 0.1) is 47.4 Å². The number of H-pyrrole nitrogens is 1. The number of fused-ring (bicyclic) bond motifs is 1. The fourth-order valence-electron chi connectivity index (χ4n) is 9.19. The van der Waals surface area contributed by atoms with Crippen LogP contribution in [0.15, 0.2) is 102 Å². The van der Waals surface area contributed by atoms with Gasteiger partial charge < -0.3 is 24.5 Å². The van der Waals surface area contributed by atoms with Crippen LogP contribution in [0.4, 0.5) is 11.4 Å². The molecule has 2 aliphatic heterocycles. The summed E-state index contributed by atoms with van der Waals surface area (Å²) >= 11 is 6.28. The maximum Gasteiger partial charge on any atom is 0.293 e. The zero-order valence-electron chi connectivity index (χ0n) is 34.9. The first-order valence-corrected chi connectivity index (χ1v) is 23.2. The summed E-state index contributed by atoms with van der Waals surface area (Å²) in [5.74, 6) is -0.498. The number of carbonyl (C=O) groups excluding carboxylic acids is 1. The number of aromatic amines is 1. The van der Waals surface area contributed by atoms with Gasteiger partial charge in [-0.1, -0.05) is 47.9 Å². The summed E-state index contributed by atoms with van der Waals surface area (Å²) in [5, 5.41) is 16.7. The topological polar surface area (TPSA) is 178 Å². The molecule has 4 heterocycles. The molecule has 14 nitrogen and oxygen atoms in total. The zero-order chi connectivity index (χ0) is 43.7. The van der Waals surface area contributed by atoms with Crippen LogP contribution in [0.5, 0.6) is 11.5 Å². The SMILES string of the molecule is C[C@H](Nc1ccc(S(=O)(=O)NC(=O)c2ccc(C3=CCN(CC4=C(c5ccc(Cl)cc5)CC5(CCC5)CC4)CC3)cc2Oc2cnc3[nH]ccc3c2)cc1[N+](=O)[O-])[C@@H]1COCCO1. The van der Waals surface area contributed by atoms with Gasteiger partial charge in [-0.25, -0.2) is 18.1 Å². The van der Waals surface area contributed by atoms with E-state index in [1.807, 2.05) is 18.2 Å². The Balaban J connectivity index is 0.952. The van der Waals surface area contributed by atoms with Crippen molar-refractivity contribution >= 4 is 61.1 Å². The fourth-order valence-corrected chi connectivity index (χ4v) is 10.3. The lowest BCUT2D eigenvalue weighted by atomic mass is 9.59. The number of amides is 1. The average Bonchev–Trinajstić information content (AvgIpc) is 3.75. The number of halogens is 1. The Labute approximate surface area is 370 Å². The fraction of sp³-hybridized carbons (Fsp3) is 0.362. The molecule has 3 N–H and O–H groups in total. The zero-order valence-corrected chi connectivity index (χ0v) is 36.5. The number of benzene rings is 3. The molecule has 2 atom stereocenters. The van der Waals surface area contributed by atoms with Gasteiger partial charge >= 0.3 is 0 Å². The van der Waals surface area contributed by atoms with Gasteiger partial charge in [0.25, 0.3) is 21.6 Å². The van der Waals surface area contributed by atoms with E-state index in [9.17, 15) is 23.3 Å². The average molecular weight is 893 g/mol. The lowest BCUT2D eigenvalue weighted by molar-refractivity contribution is -0.384. The summed E-state index contributed by atoms with van der Waals surface area (Å²) in [7, 11) is -4.59. The Morgan fingerprint density at radius 1 is 1.06 bits per heavy atom. The predicted octanol–water partition coefficient (Wildman–Crippen LogP) is 9.15. The van der Waals surface area contributed by atoms with E-state index in [1.165, 1.54) is 60.7 Å². The number of carbonyl (C=O) groups is 1. The van der Waals surface area contributed by atoms with E-state index in [0.717, 1.165) is 66.5 Å². The van der Waals surface area contributed by atoms with E-state index < -0.39 is 31.4 Å². The Morgan fingerprint density at radius 3 is 2.62 bits per heavy atom. The van der Waals surface area contributed by atoms with Crippen LogP contribution < -0.4 is 14.8 Å². The Kier molecular flexibility index (Phi) is 12.1. The van der Waals surface area contributed by atoms with Gasteiger partial charge in [-0.05, 0) is 122 Å². The van der Waals surface area contributed by atoms with Crippen molar-refractivity contribution in [1.82, 2.24) is 19.6 Å². The van der Waals surface area contributed by atoms with Gasteiger partial charge in [-0.15, -0.1) is 0 Å². The number of ether oxygens (including phenoxy) is 3. The van der Waals surface area contributed by atoms with Crippen LogP contribution in [0.25, 0.3) is 22.2 Å². The van der Waals surface area contributed by atoms with Gasteiger partial charge in [-0.2, -0.15) is 0 Å². The number of aromatic nitrogens is 2. The van der Waals surface area contributed by atoms with Gasteiger partial charge in [0.2, 0.25) is 0 Å². The minimum absolute atomic E-state index is 0.0472. The molecule has 2 aromatic heterocycles. The van der Waals surface area contributed by atoms with Crippen molar-refractivity contribution in [2.24, 2.45) is 5.41 Å². The molecular formula is C47H49ClN6O8S. The van der Waals surface area contributed by atoms with E-state index in [1.54, 1.807) is 37.4 Å². The van der Waals surface area contributed by atoms with E-state index in [2.05, 4.69) is 43.1 Å². The first kappa shape index (κ1) is 42.7. The molecule has 16 heteroatoms. The molecule has 63 heavy (non-hydrogen) atoms. The molecule has 1 saturated heterocycles. The van der Waals surface area contributed by atoms with Crippen molar-refractivity contribution in [3.63, 3.8) is 0 Å². The quantitative estimate of drug-likeness (QED) is 0.0759. The molecule has 328 valence electrons. The Bertz CT molecular complexity index is 2730. The van der Waals surface area contributed by atoms with Gasteiger partial charge in [0.1, 0.15) is 28.9 Å². The normalized spacial score (nSPS) is 19.6. The van der Waals surface area contributed by atoms with Crippen molar-refractivity contribution in [2.45, 2.75) is 68.9 Å². The number of nitro groups is 1. The van der Waals surface area contributed by atoms with Crippen LogP contribution >= 0.6 is 11.6 Å². The number of allylic oxidation sites excluding steroid dienone is 1. The third-order valence-corrected chi connectivity index (χ3v) is 14.5. The largest absolute Gasteiger partial charge is 0.455 e. The first-order valence-electron chi connectivity index (χ1n) is 21.4. The van der Waals surface area contributed by atoms with Gasteiger partial charge in [0.15, 0.2) is 0 Å². The lowest BCUT2D eigenvalue weighted by Gasteiger charge is -2.47. The Morgan fingerprint density at radius 2 is 1.89 bits per heavy atom. The molecule has 1 amide bonds. The van der Waals surface area contributed by atoms with Crippen molar-refractivity contribution < 1.29 is 32.3 Å². The van der Waals surface area contributed by atoms with Gasteiger partial charge in [0, 0.05) is 42.3 Å². The van der Waals surface area contributed by atoms with Crippen molar-refractivity contribution in [3.8, 4) is 11.5 Å². The van der Waals surface area contributed by atoms with Crippen LogP contribution in [-0.2, 0) is 19.5 Å². The minimum atomic E-state index is -4.59. The molecule has 0 bridgehead atoms. The highest BCUT2D eigenvalue weighted by atomic mass is 35.5. The number of nitro benzene ring substituents is 1. The second-order valence-corrected chi connectivity index (χ2v) is 19.1. The van der Waals surface area contributed by atoms with Gasteiger partial charge in [-0.3, -0.25) is 19.8 Å². The smallest absolute Gasteiger partial charge is 0.293 e. The molecule has 4 aliphatic rings. The highest BCUT2D eigenvalue weighted by Crippen LogP contribution is 2.55. The number of anilines is 1. The predicted molar refractivity (Wildman–Crippen MR) is 242 cm³/mol. The molecule has 0 radical (unpaired) electrons. The highest BCUT2D eigenvalue weighted by Gasteiger charge is 2.41. The summed E-state index contributed by atoms with van der Waals surface area (Å²) in [6, 6.07) is 20.0. The lowest BCUT2D eigenvalue weighted by Crippen LogP contribution is -2.41. The number of hydrogen-bond acceptors (Lipinski definition) is 11. The molecule has 1 spiro atoms. The summed E-state index contributed by atoms with van der Waals surface area (Å²) in [4.78, 5) is 34.9. The number of rotatable bonds is 13. The maximum atomic E-state index is 14.0. The Hall–Kier alpha value is -5.58. The highest BCUT2D eigenvalue weighted by molar-refractivity contribution is 7.90. The monoisotopic (exact) mass is 892 g/mol. The molecule has 2 fully saturated rings. The maximum absolute atomic E-state index is 14.0. The molecular weight excluding hydrogens is 844 g/mol. The molecule has 1 saturated carbocycles. The number of sulfonamides is 1. The van der Waals surface area contributed by atoms with Crippen LogP contribution in [0.2, 0.25) is 5.02 Å². The second kappa shape index (κ2) is 17.9. The molecule has 9 rings (SSSR count). The number of hydrogen-bond donors (Lipinski definition) is 3. The second-order valence-electron chi connectivity index (χ2n) is 17.0. The minimum Gasteiger partial charge on any atom is -0.455 e. The summed E-state index contributed by atoms with van der Waals surface area (Å²) in [5.41, 5.74) is 6.82. The molecule has 0 unspecified atom stereocenters. The third kappa shape index (κ3) is 9.39. The third-order valence-electron chi connectivity index (χ3n) is 12.9. The van der Waals surface area contributed by atoms with Crippen LogP contribution in [0.3, 0.4) is 0 Å². The molecule has 5 aromatic rings. The first-order chi connectivity index (χ1) is 30.4. The summed E-state index contributed by atoms with van der Waals surface area (Å²) < 4.78 is 47.1. The van der Waals surface area contributed by atoms with E-state index in [4.69, 9.17) is 25.8 Å². The van der Waals surface area contributed by atoms with Crippen molar-refractivity contribution in [1.29, 1.82) is 0 Å². The molecule has 2 aliphatic carbocycles. The van der Waals surface area contributed by atoms with Crippen LogP contribution in [0, 0.1) is 15.5 Å². The number of pyridine rings is 1. The van der Waals surface area contributed by atoms with E-state index in [0.29, 0.717) is 36.6 Å². The van der Waals surface area contributed by atoms with Crippen LogP contribution in [0.1, 0.15) is 73.4 Å². The number of nitrogens with one attached hydrogen (secondary N) is 3. The van der Waals surface area contributed by atoms with E-state index in [-0.39, 0.29) is 29.1 Å². The van der Waals surface area contributed by atoms with Crippen molar-refractivity contribution in [2.75, 3.05) is 44.8 Å². The summed E-state index contributed by atoms with van der Waals surface area (Å²) in [6.07, 6.45) is 13.3. The summed E-state index contributed by atoms with van der Waals surface area (Å²) in [6.45, 7) is 5.43. The molecule has 3 aromatic carbocycles. The van der Waals surface area contributed by atoms with Crippen molar-refractivity contribution in [3.05, 3.63) is 129 Å².